The van der Waals surface area contributed by atoms with Gasteiger partial charge in [0, 0.05) is 17.5 Å². The molecule has 1 aromatic heterocycles. The second-order valence-electron chi connectivity index (χ2n) is 6.63. The zero-order chi connectivity index (χ0) is 19.2. The van der Waals surface area contributed by atoms with Gasteiger partial charge in [0.25, 0.3) is 5.56 Å². The topological polar surface area (TPSA) is 62.8 Å². The molecular formula is C22H22N2O2S. The lowest BCUT2D eigenvalue weighted by Crippen LogP contribution is -2.20. The Kier molecular flexibility index (Phi) is 6.24. The first-order valence-electron chi connectivity index (χ1n) is 8.92. The number of hydrogen-bond donors (Lipinski definition) is 1. The van der Waals surface area contributed by atoms with Gasteiger partial charge in [-0.25, -0.2) is 4.98 Å². The number of aromatic nitrogens is 2. The molecule has 0 atom stereocenters. The fourth-order valence-electron chi connectivity index (χ4n) is 2.94. The summed E-state index contributed by atoms with van der Waals surface area (Å²) in [6.07, 6.45) is 0.596. The van der Waals surface area contributed by atoms with Gasteiger partial charge in [-0.2, -0.15) is 0 Å². The summed E-state index contributed by atoms with van der Waals surface area (Å²) < 4.78 is 0. The first-order valence-corrected chi connectivity index (χ1v) is 9.91. The lowest BCUT2D eigenvalue weighted by Gasteiger charge is -2.12. The SMILES string of the molecule is CC(C)c1c(Cc2ccccc2)nc(SCC(=O)c2ccccc2)[nH]c1=O. The zero-order valence-corrected chi connectivity index (χ0v) is 16.3. The third kappa shape index (κ3) is 4.95. The number of H-pyrrole nitrogens is 1. The third-order valence-electron chi connectivity index (χ3n) is 4.24. The van der Waals surface area contributed by atoms with Gasteiger partial charge in [0.05, 0.1) is 11.4 Å². The fraction of sp³-hybridized carbons (Fsp3) is 0.227. The van der Waals surface area contributed by atoms with Crippen LogP contribution in [0.25, 0.3) is 0 Å². The average Bonchev–Trinajstić information content (AvgIpc) is 2.67. The molecule has 3 rings (SSSR count). The lowest BCUT2D eigenvalue weighted by molar-refractivity contribution is 0.102. The van der Waals surface area contributed by atoms with Crippen LogP contribution >= 0.6 is 11.8 Å². The number of thioether (sulfide) groups is 1. The van der Waals surface area contributed by atoms with Crippen molar-refractivity contribution in [1.82, 2.24) is 9.97 Å². The highest BCUT2D eigenvalue weighted by molar-refractivity contribution is 7.99. The zero-order valence-electron chi connectivity index (χ0n) is 15.4. The van der Waals surface area contributed by atoms with E-state index >= 15 is 0 Å². The van der Waals surface area contributed by atoms with Crippen LogP contribution in [0.3, 0.4) is 0 Å². The van der Waals surface area contributed by atoms with Crippen molar-refractivity contribution in [2.24, 2.45) is 0 Å². The number of aromatic amines is 1. The molecule has 1 heterocycles. The predicted molar refractivity (Wildman–Crippen MR) is 110 cm³/mol. The van der Waals surface area contributed by atoms with Crippen molar-refractivity contribution in [3.05, 3.63) is 93.4 Å². The molecule has 138 valence electrons. The van der Waals surface area contributed by atoms with Crippen molar-refractivity contribution in [2.45, 2.75) is 31.3 Å². The summed E-state index contributed by atoms with van der Waals surface area (Å²) in [6, 6.07) is 19.1. The van der Waals surface area contributed by atoms with E-state index in [4.69, 9.17) is 0 Å². The van der Waals surface area contributed by atoms with Crippen molar-refractivity contribution in [3.8, 4) is 0 Å². The molecule has 0 fully saturated rings. The highest BCUT2D eigenvalue weighted by Crippen LogP contribution is 2.21. The van der Waals surface area contributed by atoms with E-state index in [9.17, 15) is 9.59 Å². The summed E-state index contributed by atoms with van der Waals surface area (Å²) in [5.74, 6) is 0.324. The summed E-state index contributed by atoms with van der Waals surface area (Å²) >= 11 is 1.27. The van der Waals surface area contributed by atoms with Crippen LogP contribution in [-0.2, 0) is 6.42 Å². The number of nitrogens with one attached hydrogen (secondary N) is 1. The van der Waals surface area contributed by atoms with E-state index in [-0.39, 0.29) is 23.0 Å². The van der Waals surface area contributed by atoms with Crippen LogP contribution < -0.4 is 5.56 Å². The van der Waals surface area contributed by atoms with Gasteiger partial charge in [-0.15, -0.1) is 0 Å². The smallest absolute Gasteiger partial charge is 0.255 e. The lowest BCUT2D eigenvalue weighted by atomic mass is 9.99. The van der Waals surface area contributed by atoms with Crippen LogP contribution in [-0.4, -0.2) is 21.5 Å². The minimum Gasteiger partial charge on any atom is -0.301 e. The maximum Gasteiger partial charge on any atom is 0.255 e. The van der Waals surface area contributed by atoms with Gasteiger partial charge in [0.2, 0.25) is 0 Å². The molecule has 0 aliphatic rings. The molecule has 0 amide bonds. The Hall–Kier alpha value is -2.66. The van der Waals surface area contributed by atoms with E-state index in [1.54, 1.807) is 12.1 Å². The van der Waals surface area contributed by atoms with Crippen molar-refractivity contribution in [3.63, 3.8) is 0 Å². The Morgan fingerprint density at radius 2 is 1.67 bits per heavy atom. The highest BCUT2D eigenvalue weighted by Gasteiger charge is 2.16. The van der Waals surface area contributed by atoms with Crippen LogP contribution in [0.5, 0.6) is 0 Å². The molecule has 2 aromatic carbocycles. The monoisotopic (exact) mass is 378 g/mol. The standard InChI is InChI=1S/C22H22N2O2S/c1-15(2)20-18(13-16-9-5-3-6-10-16)23-22(24-21(20)26)27-14-19(25)17-11-7-4-8-12-17/h3-12,15H,13-14H2,1-2H3,(H,23,24,26). The average molecular weight is 378 g/mol. The molecule has 0 aliphatic heterocycles. The molecule has 1 N–H and O–H groups in total. The maximum atomic E-state index is 12.6. The molecule has 5 heteroatoms. The fourth-order valence-corrected chi connectivity index (χ4v) is 3.71. The Morgan fingerprint density at radius 1 is 1.04 bits per heavy atom. The largest absolute Gasteiger partial charge is 0.301 e. The van der Waals surface area contributed by atoms with Gasteiger partial charge in [0.15, 0.2) is 10.9 Å². The van der Waals surface area contributed by atoms with E-state index in [1.165, 1.54) is 11.8 Å². The van der Waals surface area contributed by atoms with E-state index in [0.717, 1.165) is 11.3 Å². The van der Waals surface area contributed by atoms with Crippen molar-refractivity contribution in [1.29, 1.82) is 0 Å². The molecule has 0 bridgehead atoms. The Morgan fingerprint density at radius 3 is 2.30 bits per heavy atom. The molecule has 0 saturated heterocycles. The van der Waals surface area contributed by atoms with Crippen LogP contribution in [0.15, 0.2) is 70.6 Å². The quantitative estimate of drug-likeness (QED) is 0.375. The van der Waals surface area contributed by atoms with Gasteiger partial charge in [-0.3, -0.25) is 9.59 Å². The second kappa shape index (κ2) is 8.82. The summed E-state index contributed by atoms with van der Waals surface area (Å²) in [5.41, 5.74) is 3.12. The third-order valence-corrected chi connectivity index (χ3v) is 5.11. The molecule has 0 saturated carbocycles. The number of carbonyl (C=O) groups is 1. The number of rotatable bonds is 7. The maximum absolute atomic E-state index is 12.6. The molecular weight excluding hydrogens is 356 g/mol. The van der Waals surface area contributed by atoms with Gasteiger partial charge < -0.3 is 4.98 Å². The van der Waals surface area contributed by atoms with E-state index in [0.29, 0.717) is 22.7 Å². The number of carbonyl (C=O) groups excluding carboxylic acids is 1. The minimum atomic E-state index is -0.124. The summed E-state index contributed by atoms with van der Waals surface area (Å²) in [6.45, 7) is 3.99. The molecule has 0 radical (unpaired) electrons. The first-order chi connectivity index (χ1) is 13.0. The van der Waals surface area contributed by atoms with Crippen LogP contribution in [0.1, 0.15) is 46.9 Å². The predicted octanol–water partition coefficient (Wildman–Crippen LogP) is 4.46. The van der Waals surface area contributed by atoms with Crippen molar-refractivity contribution in [2.75, 3.05) is 5.75 Å². The van der Waals surface area contributed by atoms with Crippen LogP contribution in [0.4, 0.5) is 0 Å². The van der Waals surface area contributed by atoms with Gasteiger partial charge in [0.1, 0.15) is 0 Å². The van der Waals surface area contributed by atoms with Gasteiger partial charge >= 0.3 is 0 Å². The Balaban J connectivity index is 1.84. The van der Waals surface area contributed by atoms with E-state index in [1.807, 2.05) is 62.4 Å². The molecule has 0 unspecified atom stereocenters. The molecule has 4 nitrogen and oxygen atoms in total. The Labute approximate surface area is 163 Å². The Bertz CT molecular complexity index is 967. The number of Topliss-reactive ketones (excluding diaryl/α,β-unsaturated/α-hetero) is 1. The summed E-state index contributed by atoms with van der Waals surface area (Å²) in [5, 5.41) is 0.486. The summed E-state index contributed by atoms with van der Waals surface area (Å²) in [7, 11) is 0. The number of hydrogen-bond acceptors (Lipinski definition) is 4. The van der Waals surface area contributed by atoms with Gasteiger partial charge in [-0.1, -0.05) is 86.3 Å². The molecule has 3 aromatic rings. The van der Waals surface area contributed by atoms with Crippen molar-refractivity contribution < 1.29 is 4.79 Å². The summed E-state index contributed by atoms with van der Waals surface area (Å²) in [4.78, 5) is 32.4. The normalized spacial score (nSPS) is 10.9. The number of benzene rings is 2. The van der Waals surface area contributed by atoms with Crippen LogP contribution in [0, 0.1) is 0 Å². The second-order valence-corrected chi connectivity index (χ2v) is 7.59. The van der Waals surface area contributed by atoms with Crippen molar-refractivity contribution >= 4 is 17.5 Å². The number of ketones is 1. The minimum absolute atomic E-state index is 0.0146. The molecule has 0 aliphatic carbocycles. The molecule has 0 spiro atoms. The number of nitrogens with zero attached hydrogens (tertiary/aromatic N) is 1. The van der Waals surface area contributed by atoms with E-state index < -0.39 is 0 Å². The first kappa shape index (κ1) is 19.1. The van der Waals surface area contributed by atoms with E-state index in [2.05, 4.69) is 9.97 Å². The molecule has 27 heavy (non-hydrogen) atoms. The van der Waals surface area contributed by atoms with Crippen LogP contribution in [0.2, 0.25) is 0 Å². The van der Waals surface area contributed by atoms with Gasteiger partial charge in [-0.05, 0) is 11.5 Å². The highest BCUT2D eigenvalue weighted by atomic mass is 32.2.